The summed E-state index contributed by atoms with van der Waals surface area (Å²) in [6.07, 6.45) is 9.90. The molecule has 0 bridgehead atoms. The summed E-state index contributed by atoms with van der Waals surface area (Å²) in [6.45, 7) is 2.27. The molecule has 0 aromatic heterocycles. The lowest BCUT2D eigenvalue weighted by Crippen LogP contribution is -2.29. The second-order valence-corrected chi connectivity index (χ2v) is 6.05. The molecule has 0 unspecified atom stereocenters. The van der Waals surface area contributed by atoms with Crippen molar-refractivity contribution in [1.29, 1.82) is 0 Å². The first-order valence-electron chi connectivity index (χ1n) is 6.01. The van der Waals surface area contributed by atoms with E-state index in [9.17, 15) is 0 Å². The molecule has 84 valence electrons. The van der Waals surface area contributed by atoms with Crippen LogP contribution >= 0.6 is 24.4 Å². The van der Waals surface area contributed by atoms with Gasteiger partial charge in [0, 0.05) is 0 Å². The monoisotopic (exact) mass is 232 g/mol. The van der Waals surface area contributed by atoms with Crippen LogP contribution in [0.4, 0.5) is 0 Å². The first-order chi connectivity index (χ1) is 6.83. The fraction of sp³-hybridized carbons (Fsp3) is 1.00. The Bertz CT molecular complexity index is 139. The summed E-state index contributed by atoms with van der Waals surface area (Å²) in [7, 11) is 0. The van der Waals surface area contributed by atoms with Crippen LogP contribution in [0.1, 0.15) is 51.9 Å². The molecule has 0 spiro atoms. The molecule has 1 aliphatic carbocycles. The highest BCUT2D eigenvalue weighted by molar-refractivity contribution is 7.99. The van der Waals surface area contributed by atoms with E-state index in [0.29, 0.717) is 5.41 Å². The van der Waals surface area contributed by atoms with Crippen molar-refractivity contribution >= 4 is 24.4 Å². The summed E-state index contributed by atoms with van der Waals surface area (Å²) < 4.78 is 0. The number of hydrogen-bond acceptors (Lipinski definition) is 2. The molecule has 0 aliphatic heterocycles. The zero-order chi connectivity index (χ0) is 10.3. The van der Waals surface area contributed by atoms with E-state index >= 15 is 0 Å². The molecule has 14 heavy (non-hydrogen) atoms. The SMILES string of the molecule is CCCCSCC1(CS)CCCCC1. The minimum absolute atomic E-state index is 0.597. The van der Waals surface area contributed by atoms with Gasteiger partial charge in [0.2, 0.25) is 0 Å². The van der Waals surface area contributed by atoms with E-state index in [4.69, 9.17) is 0 Å². The van der Waals surface area contributed by atoms with Gasteiger partial charge in [0.15, 0.2) is 0 Å². The fourth-order valence-electron chi connectivity index (χ4n) is 2.18. The average Bonchev–Trinajstić information content (AvgIpc) is 2.26. The van der Waals surface area contributed by atoms with Crippen LogP contribution in [0.3, 0.4) is 0 Å². The summed E-state index contributed by atoms with van der Waals surface area (Å²) in [4.78, 5) is 0. The van der Waals surface area contributed by atoms with E-state index < -0.39 is 0 Å². The largest absolute Gasteiger partial charge is 0.179 e. The van der Waals surface area contributed by atoms with Gasteiger partial charge < -0.3 is 0 Å². The van der Waals surface area contributed by atoms with Gasteiger partial charge in [-0.3, -0.25) is 0 Å². The lowest BCUT2D eigenvalue weighted by molar-refractivity contribution is 0.259. The van der Waals surface area contributed by atoms with Crippen LogP contribution in [0.5, 0.6) is 0 Å². The van der Waals surface area contributed by atoms with E-state index in [1.54, 1.807) is 0 Å². The number of thioether (sulfide) groups is 1. The van der Waals surface area contributed by atoms with Crippen molar-refractivity contribution in [3.8, 4) is 0 Å². The van der Waals surface area contributed by atoms with Gasteiger partial charge in [-0.1, -0.05) is 32.6 Å². The van der Waals surface area contributed by atoms with Gasteiger partial charge in [0.05, 0.1) is 0 Å². The van der Waals surface area contributed by atoms with E-state index in [1.807, 2.05) is 0 Å². The van der Waals surface area contributed by atoms with Gasteiger partial charge in [0.1, 0.15) is 0 Å². The van der Waals surface area contributed by atoms with Gasteiger partial charge in [-0.2, -0.15) is 24.4 Å². The van der Waals surface area contributed by atoms with Gasteiger partial charge in [-0.05, 0) is 41.9 Å². The van der Waals surface area contributed by atoms with Gasteiger partial charge in [-0.25, -0.2) is 0 Å². The molecule has 0 atom stereocenters. The Hall–Kier alpha value is 0.700. The van der Waals surface area contributed by atoms with Crippen molar-refractivity contribution in [3.05, 3.63) is 0 Å². The molecule has 1 rings (SSSR count). The first kappa shape index (κ1) is 12.8. The van der Waals surface area contributed by atoms with E-state index in [0.717, 1.165) is 5.75 Å². The second kappa shape index (κ2) is 7.05. The van der Waals surface area contributed by atoms with E-state index in [2.05, 4.69) is 31.3 Å². The van der Waals surface area contributed by atoms with E-state index in [-0.39, 0.29) is 0 Å². The third-order valence-electron chi connectivity index (χ3n) is 3.30. The van der Waals surface area contributed by atoms with Crippen molar-refractivity contribution in [2.24, 2.45) is 5.41 Å². The van der Waals surface area contributed by atoms with Crippen molar-refractivity contribution in [2.45, 2.75) is 51.9 Å². The Morgan fingerprint density at radius 1 is 1.21 bits per heavy atom. The Morgan fingerprint density at radius 2 is 1.93 bits per heavy atom. The summed E-state index contributed by atoms with van der Waals surface area (Å²) >= 11 is 6.72. The standard InChI is InChI=1S/C12H24S2/c1-2-3-9-14-11-12(10-13)7-5-4-6-8-12/h13H,2-11H2,1H3. The Labute approximate surface area is 99.0 Å². The third-order valence-corrected chi connectivity index (χ3v) is 5.36. The highest BCUT2D eigenvalue weighted by Gasteiger charge is 2.30. The highest BCUT2D eigenvalue weighted by atomic mass is 32.2. The molecule has 0 saturated heterocycles. The molecule has 0 radical (unpaired) electrons. The maximum absolute atomic E-state index is 4.56. The van der Waals surface area contributed by atoms with Crippen LogP contribution in [0, 0.1) is 5.41 Å². The molecule has 1 aliphatic rings. The quantitative estimate of drug-likeness (QED) is 0.523. The zero-order valence-corrected chi connectivity index (χ0v) is 11.1. The lowest BCUT2D eigenvalue weighted by Gasteiger charge is -2.35. The van der Waals surface area contributed by atoms with Crippen LogP contribution in [-0.4, -0.2) is 17.3 Å². The van der Waals surface area contributed by atoms with Crippen molar-refractivity contribution in [1.82, 2.24) is 0 Å². The second-order valence-electron chi connectivity index (χ2n) is 4.62. The van der Waals surface area contributed by atoms with Crippen LogP contribution < -0.4 is 0 Å². The zero-order valence-electron chi connectivity index (χ0n) is 9.43. The van der Waals surface area contributed by atoms with Crippen molar-refractivity contribution < 1.29 is 0 Å². The number of hydrogen-bond donors (Lipinski definition) is 1. The molecular weight excluding hydrogens is 208 g/mol. The number of unbranched alkanes of at least 4 members (excludes halogenated alkanes) is 1. The summed E-state index contributed by atoms with van der Waals surface area (Å²) in [5.41, 5.74) is 0.597. The molecule has 0 N–H and O–H groups in total. The molecule has 1 saturated carbocycles. The van der Waals surface area contributed by atoms with Crippen molar-refractivity contribution in [3.63, 3.8) is 0 Å². The number of thiol groups is 1. The maximum Gasteiger partial charge on any atom is -0.000300 e. The summed E-state index contributed by atoms with van der Waals surface area (Å²) in [6, 6.07) is 0. The lowest BCUT2D eigenvalue weighted by atomic mass is 9.77. The highest BCUT2D eigenvalue weighted by Crippen LogP contribution is 2.39. The Balaban J connectivity index is 2.22. The van der Waals surface area contributed by atoms with Gasteiger partial charge in [-0.15, -0.1) is 0 Å². The molecule has 0 heterocycles. The topological polar surface area (TPSA) is 0 Å². The minimum atomic E-state index is 0.597. The molecule has 1 fully saturated rings. The fourth-order valence-corrected chi connectivity index (χ4v) is 4.23. The predicted molar refractivity (Wildman–Crippen MR) is 71.6 cm³/mol. The molecule has 0 amide bonds. The smallest absolute Gasteiger partial charge is 0.000300 e. The minimum Gasteiger partial charge on any atom is -0.179 e. The van der Waals surface area contributed by atoms with Crippen LogP contribution in [0.25, 0.3) is 0 Å². The molecule has 0 nitrogen and oxygen atoms in total. The molecule has 0 aromatic carbocycles. The van der Waals surface area contributed by atoms with Crippen molar-refractivity contribution in [2.75, 3.05) is 17.3 Å². The van der Waals surface area contributed by atoms with Gasteiger partial charge >= 0.3 is 0 Å². The Kier molecular flexibility index (Phi) is 6.43. The molecular formula is C12H24S2. The van der Waals surface area contributed by atoms with Gasteiger partial charge in [0.25, 0.3) is 0 Å². The normalized spacial score (nSPS) is 21.0. The predicted octanol–water partition coefficient (Wildman–Crippen LogP) is 4.40. The summed E-state index contributed by atoms with van der Waals surface area (Å²) in [5, 5.41) is 0. The Morgan fingerprint density at radius 3 is 2.50 bits per heavy atom. The van der Waals surface area contributed by atoms with Crippen LogP contribution in [-0.2, 0) is 0 Å². The van der Waals surface area contributed by atoms with E-state index in [1.165, 1.54) is 56.5 Å². The van der Waals surface area contributed by atoms with Crippen LogP contribution in [0.2, 0.25) is 0 Å². The molecule has 0 aromatic rings. The first-order valence-corrected chi connectivity index (χ1v) is 7.80. The number of rotatable bonds is 6. The average molecular weight is 232 g/mol. The molecule has 2 heteroatoms. The maximum atomic E-state index is 4.56. The summed E-state index contributed by atoms with van der Waals surface area (Å²) in [5.74, 6) is 3.81. The third kappa shape index (κ3) is 4.06. The van der Waals surface area contributed by atoms with Crippen LogP contribution in [0.15, 0.2) is 0 Å².